The van der Waals surface area contributed by atoms with Gasteiger partial charge in [-0.05, 0) is 31.0 Å². The number of hydrogen-bond acceptors (Lipinski definition) is 5. The van der Waals surface area contributed by atoms with Gasteiger partial charge in [-0.25, -0.2) is 9.97 Å². The van der Waals surface area contributed by atoms with Crippen LogP contribution < -0.4 is 0 Å². The first-order chi connectivity index (χ1) is 12.7. The highest BCUT2D eigenvalue weighted by Crippen LogP contribution is 2.19. The first-order valence-electron chi connectivity index (χ1n) is 8.77. The lowest BCUT2D eigenvalue weighted by Gasteiger charge is -2.23. The number of carbonyl (C=O) groups excluding carboxylic acids is 1. The Balaban J connectivity index is 1.48. The Bertz CT molecular complexity index is 906. The number of carbonyl (C=O) groups is 1. The van der Waals surface area contributed by atoms with Crippen molar-refractivity contribution < 1.29 is 9.53 Å². The van der Waals surface area contributed by atoms with E-state index in [1.165, 1.54) is 5.56 Å². The molecule has 3 aromatic rings. The van der Waals surface area contributed by atoms with Gasteiger partial charge in [-0.2, -0.15) is 5.10 Å². The molecule has 7 heteroatoms. The van der Waals surface area contributed by atoms with Crippen molar-refractivity contribution in [1.29, 1.82) is 0 Å². The molecule has 1 aliphatic heterocycles. The monoisotopic (exact) mass is 351 g/mol. The first-order valence-corrected chi connectivity index (χ1v) is 8.77. The predicted octanol–water partition coefficient (Wildman–Crippen LogP) is 1.99. The van der Waals surface area contributed by atoms with Crippen LogP contribution >= 0.6 is 0 Å². The van der Waals surface area contributed by atoms with E-state index in [0.717, 1.165) is 17.3 Å². The molecule has 1 atom stereocenters. The van der Waals surface area contributed by atoms with Gasteiger partial charge in [0.05, 0.1) is 30.5 Å². The van der Waals surface area contributed by atoms with Crippen LogP contribution in [0.15, 0.2) is 36.8 Å². The molecule has 134 valence electrons. The molecule has 26 heavy (non-hydrogen) atoms. The van der Waals surface area contributed by atoms with Gasteiger partial charge in [-0.3, -0.25) is 9.89 Å². The number of ether oxygens (including phenoxy) is 1. The zero-order chi connectivity index (χ0) is 17.9. The lowest BCUT2D eigenvalue weighted by atomic mass is 9.98. The smallest absolute Gasteiger partial charge is 0.257 e. The topological polar surface area (TPSA) is 84.0 Å². The number of rotatable bonds is 3. The number of nitrogens with zero attached hydrogens (tertiary/aromatic N) is 4. The standard InChI is InChI=1S/C19H21N5O2/c1-13-20-8-17(9-21-13)19(25)24-4-5-26-12-15(11-24)6-14-2-3-18-16(7-14)10-22-23-18/h2-3,7-10,15H,4-6,11-12H2,1H3,(H,22,23). The summed E-state index contributed by atoms with van der Waals surface area (Å²) in [6.45, 7) is 4.26. The quantitative estimate of drug-likeness (QED) is 0.780. The molecule has 3 heterocycles. The minimum atomic E-state index is -0.0363. The second kappa shape index (κ2) is 7.21. The number of amides is 1. The predicted molar refractivity (Wildman–Crippen MR) is 96.8 cm³/mol. The number of fused-ring (bicyclic) bond motifs is 1. The highest BCUT2D eigenvalue weighted by atomic mass is 16.5. The summed E-state index contributed by atoms with van der Waals surface area (Å²) in [5.41, 5.74) is 2.78. The maximum Gasteiger partial charge on any atom is 0.257 e. The number of aromatic nitrogens is 4. The molecule has 1 aromatic carbocycles. The van der Waals surface area contributed by atoms with Gasteiger partial charge in [0.2, 0.25) is 0 Å². The summed E-state index contributed by atoms with van der Waals surface area (Å²) < 4.78 is 5.74. The number of aromatic amines is 1. The SMILES string of the molecule is Cc1ncc(C(=O)N2CCOCC(Cc3ccc4[nH]ncc4c3)C2)cn1. The molecule has 0 spiro atoms. The molecule has 0 saturated carbocycles. The van der Waals surface area contributed by atoms with E-state index in [4.69, 9.17) is 4.74 Å². The normalized spacial score (nSPS) is 18.0. The van der Waals surface area contributed by atoms with Gasteiger partial charge < -0.3 is 9.64 Å². The van der Waals surface area contributed by atoms with Crippen LogP contribution in [0.3, 0.4) is 0 Å². The van der Waals surface area contributed by atoms with Crippen LogP contribution in [0, 0.1) is 12.8 Å². The molecule has 1 amide bonds. The molecule has 7 nitrogen and oxygen atoms in total. The van der Waals surface area contributed by atoms with E-state index in [-0.39, 0.29) is 11.8 Å². The molecule has 0 aliphatic carbocycles. The van der Waals surface area contributed by atoms with E-state index in [1.807, 2.05) is 17.2 Å². The van der Waals surface area contributed by atoms with Gasteiger partial charge in [0.1, 0.15) is 5.82 Å². The maximum absolute atomic E-state index is 12.8. The fourth-order valence-corrected chi connectivity index (χ4v) is 3.33. The fraction of sp³-hybridized carbons (Fsp3) is 0.368. The van der Waals surface area contributed by atoms with Crippen LogP contribution in [0.2, 0.25) is 0 Å². The van der Waals surface area contributed by atoms with Gasteiger partial charge in [-0.1, -0.05) is 6.07 Å². The minimum Gasteiger partial charge on any atom is -0.379 e. The summed E-state index contributed by atoms with van der Waals surface area (Å²) in [5, 5.41) is 8.13. The van der Waals surface area contributed by atoms with Crippen molar-refractivity contribution in [3.63, 3.8) is 0 Å². The molecule has 1 aliphatic rings. The third-order valence-corrected chi connectivity index (χ3v) is 4.68. The molecular formula is C19H21N5O2. The Morgan fingerprint density at radius 2 is 2.15 bits per heavy atom. The van der Waals surface area contributed by atoms with Crippen LogP contribution in [-0.2, 0) is 11.2 Å². The number of aryl methyl sites for hydroxylation is 1. The van der Waals surface area contributed by atoms with Crippen molar-refractivity contribution in [3.8, 4) is 0 Å². The molecule has 0 bridgehead atoms. The lowest BCUT2D eigenvalue weighted by molar-refractivity contribution is 0.0736. The van der Waals surface area contributed by atoms with E-state index in [9.17, 15) is 4.79 Å². The Hall–Kier alpha value is -2.80. The third kappa shape index (κ3) is 3.57. The number of H-pyrrole nitrogens is 1. The first kappa shape index (κ1) is 16.7. The summed E-state index contributed by atoms with van der Waals surface area (Å²) in [6.07, 6.45) is 5.88. The lowest BCUT2D eigenvalue weighted by Crippen LogP contribution is -2.36. The summed E-state index contributed by atoms with van der Waals surface area (Å²) in [6, 6.07) is 6.29. The third-order valence-electron chi connectivity index (χ3n) is 4.68. The van der Waals surface area contributed by atoms with Gasteiger partial charge >= 0.3 is 0 Å². The van der Waals surface area contributed by atoms with E-state index in [2.05, 4.69) is 32.3 Å². The highest BCUT2D eigenvalue weighted by Gasteiger charge is 2.24. The van der Waals surface area contributed by atoms with E-state index < -0.39 is 0 Å². The summed E-state index contributed by atoms with van der Waals surface area (Å²) >= 11 is 0. The average Bonchev–Trinajstić information content (AvgIpc) is 2.99. The van der Waals surface area contributed by atoms with Crippen LogP contribution in [0.5, 0.6) is 0 Å². The molecule has 1 saturated heterocycles. The van der Waals surface area contributed by atoms with Crippen molar-refractivity contribution in [3.05, 3.63) is 53.7 Å². The molecule has 4 rings (SSSR count). The fourth-order valence-electron chi connectivity index (χ4n) is 3.33. The summed E-state index contributed by atoms with van der Waals surface area (Å²) in [7, 11) is 0. The highest BCUT2D eigenvalue weighted by molar-refractivity contribution is 5.93. The second-order valence-corrected chi connectivity index (χ2v) is 6.71. The van der Waals surface area contributed by atoms with Crippen LogP contribution in [-0.4, -0.2) is 57.3 Å². The Labute approximate surface area is 151 Å². The molecular weight excluding hydrogens is 330 g/mol. The summed E-state index contributed by atoms with van der Waals surface area (Å²) in [4.78, 5) is 22.9. The van der Waals surface area contributed by atoms with Gasteiger partial charge in [0, 0.05) is 36.8 Å². The second-order valence-electron chi connectivity index (χ2n) is 6.71. The number of benzene rings is 1. The molecule has 2 aromatic heterocycles. The zero-order valence-electron chi connectivity index (χ0n) is 14.7. The molecule has 0 radical (unpaired) electrons. The maximum atomic E-state index is 12.8. The van der Waals surface area contributed by atoms with Gasteiger partial charge in [0.25, 0.3) is 5.91 Å². The van der Waals surface area contributed by atoms with E-state index in [1.54, 1.807) is 19.3 Å². The van der Waals surface area contributed by atoms with Crippen molar-refractivity contribution >= 4 is 16.8 Å². The Kier molecular flexibility index (Phi) is 4.62. The van der Waals surface area contributed by atoms with Crippen molar-refractivity contribution in [2.24, 2.45) is 5.92 Å². The van der Waals surface area contributed by atoms with Gasteiger partial charge in [0.15, 0.2) is 0 Å². The Morgan fingerprint density at radius 1 is 1.31 bits per heavy atom. The zero-order valence-corrected chi connectivity index (χ0v) is 14.7. The van der Waals surface area contributed by atoms with Gasteiger partial charge in [-0.15, -0.1) is 0 Å². The molecule has 1 N–H and O–H groups in total. The largest absolute Gasteiger partial charge is 0.379 e. The van der Waals surface area contributed by atoms with Crippen LogP contribution in [0.1, 0.15) is 21.7 Å². The average molecular weight is 351 g/mol. The van der Waals surface area contributed by atoms with Crippen LogP contribution in [0.4, 0.5) is 0 Å². The van der Waals surface area contributed by atoms with Crippen molar-refractivity contribution in [2.75, 3.05) is 26.3 Å². The van der Waals surface area contributed by atoms with Crippen molar-refractivity contribution in [1.82, 2.24) is 25.1 Å². The molecule has 1 fully saturated rings. The minimum absolute atomic E-state index is 0.0363. The van der Waals surface area contributed by atoms with E-state index in [0.29, 0.717) is 37.7 Å². The number of nitrogens with one attached hydrogen (secondary N) is 1. The number of hydrogen-bond donors (Lipinski definition) is 1. The summed E-state index contributed by atoms with van der Waals surface area (Å²) in [5.74, 6) is 0.871. The van der Waals surface area contributed by atoms with E-state index >= 15 is 0 Å². The molecule has 1 unspecified atom stereocenters. The Morgan fingerprint density at radius 3 is 3.00 bits per heavy atom. The van der Waals surface area contributed by atoms with Crippen molar-refractivity contribution in [2.45, 2.75) is 13.3 Å². The van der Waals surface area contributed by atoms with Crippen LogP contribution in [0.25, 0.3) is 10.9 Å².